The number of benzene rings is 1. The average Bonchev–Trinajstić information content (AvgIpc) is 2.69. The number of hydrogen-bond acceptors (Lipinski definition) is 1. The lowest BCUT2D eigenvalue weighted by atomic mass is 10.0. The van der Waals surface area contributed by atoms with E-state index < -0.39 is 27.5 Å². The SMILES string of the molecule is CC(C)(C)S(=O)NC1CCc2ccc(C(F)(F)F)cc21. The molecule has 2 rings (SSSR count). The number of hydrogen-bond donors (Lipinski definition) is 1. The van der Waals surface area contributed by atoms with E-state index in [0.29, 0.717) is 18.4 Å². The van der Waals surface area contributed by atoms with Gasteiger partial charge in [-0.15, -0.1) is 0 Å². The summed E-state index contributed by atoms with van der Waals surface area (Å²) < 4.78 is 52.9. The normalized spacial score (nSPS) is 20.8. The highest BCUT2D eigenvalue weighted by Crippen LogP contribution is 2.37. The zero-order valence-corrected chi connectivity index (χ0v) is 12.5. The highest BCUT2D eigenvalue weighted by atomic mass is 32.2. The minimum absolute atomic E-state index is 0.271. The van der Waals surface area contributed by atoms with Gasteiger partial charge in [0, 0.05) is 6.04 Å². The Kier molecular flexibility index (Phi) is 3.99. The first-order valence-electron chi connectivity index (χ1n) is 6.47. The average molecular weight is 305 g/mol. The summed E-state index contributed by atoms with van der Waals surface area (Å²) in [5, 5.41) is 0. The van der Waals surface area contributed by atoms with Crippen LogP contribution in [-0.4, -0.2) is 8.96 Å². The molecule has 0 radical (unpaired) electrons. The Labute approximate surface area is 119 Å². The Hall–Kier alpha value is -0.880. The predicted octanol–water partition coefficient (Wildman–Crippen LogP) is 3.74. The molecule has 0 bridgehead atoms. The third-order valence-corrected chi connectivity index (χ3v) is 4.97. The Morgan fingerprint density at radius 3 is 2.45 bits per heavy atom. The van der Waals surface area contributed by atoms with Gasteiger partial charge in [0.1, 0.15) is 0 Å². The molecule has 0 saturated heterocycles. The van der Waals surface area contributed by atoms with Crippen LogP contribution in [0.1, 0.15) is 49.9 Å². The summed E-state index contributed by atoms with van der Waals surface area (Å²) in [7, 11) is -1.29. The highest BCUT2D eigenvalue weighted by molar-refractivity contribution is 7.84. The maximum Gasteiger partial charge on any atom is 0.416 e. The van der Waals surface area contributed by atoms with Gasteiger partial charge in [-0.2, -0.15) is 13.2 Å². The van der Waals surface area contributed by atoms with Crippen LogP contribution in [-0.2, 0) is 23.6 Å². The fourth-order valence-corrected chi connectivity index (χ4v) is 3.06. The number of fused-ring (bicyclic) bond motifs is 1. The van der Waals surface area contributed by atoms with E-state index in [1.54, 1.807) is 0 Å². The summed E-state index contributed by atoms with van der Waals surface area (Å²) in [4.78, 5) is 0. The molecular formula is C14H18F3NOS. The summed E-state index contributed by atoms with van der Waals surface area (Å²) in [6, 6.07) is 3.55. The van der Waals surface area contributed by atoms with Crippen LogP contribution in [0.3, 0.4) is 0 Å². The van der Waals surface area contributed by atoms with Crippen molar-refractivity contribution in [2.75, 3.05) is 0 Å². The van der Waals surface area contributed by atoms with Gasteiger partial charge in [0.25, 0.3) is 0 Å². The molecule has 0 aliphatic heterocycles. The van der Waals surface area contributed by atoms with Crippen LogP contribution < -0.4 is 4.72 Å². The number of alkyl halides is 3. The summed E-state index contributed by atoms with van der Waals surface area (Å²) >= 11 is 0. The maximum absolute atomic E-state index is 12.8. The minimum atomic E-state index is -4.34. The topological polar surface area (TPSA) is 29.1 Å². The largest absolute Gasteiger partial charge is 0.416 e. The zero-order valence-electron chi connectivity index (χ0n) is 11.7. The van der Waals surface area contributed by atoms with Crippen LogP contribution in [0.15, 0.2) is 18.2 Å². The van der Waals surface area contributed by atoms with Crippen molar-refractivity contribution in [3.63, 3.8) is 0 Å². The van der Waals surface area contributed by atoms with Crippen molar-refractivity contribution in [2.45, 2.75) is 50.6 Å². The smallest absolute Gasteiger partial charge is 0.242 e. The molecule has 2 atom stereocenters. The summed E-state index contributed by atoms with van der Waals surface area (Å²) in [5.41, 5.74) is 0.880. The number of rotatable bonds is 2. The first-order valence-corrected chi connectivity index (χ1v) is 7.62. The molecule has 1 aliphatic carbocycles. The quantitative estimate of drug-likeness (QED) is 0.886. The molecule has 2 nitrogen and oxygen atoms in total. The van der Waals surface area contributed by atoms with E-state index in [9.17, 15) is 17.4 Å². The molecule has 20 heavy (non-hydrogen) atoms. The molecule has 2 unspecified atom stereocenters. The van der Waals surface area contributed by atoms with Gasteiger partial charge < -0.3 is 0 Å². The summed E-state index contributed by atoms with van der Waals surface area (Å²) in [5.74, 6) is 0. The van der Waals surface area contributed by atoms with Gasteiger partial charge in [-0.3, -0.25) is 0 Å². The van der Waals surface area contributed by atoms with Crippen molar-refractivity contribution in [3.8, 4) is 0 Å². The molecule has 112 valence electrons. The Balaban J connectivity index is 2.26. The fourth-order valence-electron chi connectivity index (χ4n) is 2.21. The zero-order chi connectivity index (χ0) is 15.1. The highest BCUT2D eigenvalue weighted by Gasteiger charge is 2.34. The molecule has 6 heteroatoms. The fraction of sp³-hybridized carbons (Fsp3) is 0.571. The van der Waals surface area contributed by atoms with Crippen molar-refractivity contribution in [1.82, 2.24) is 4.72 Å². The third-order valence-electron chi connectivity index (χ3n) is 3.36. The first kappa shape index (κ1) is 15.5. The number of aryl methyl sites for hydroxylation is 1. The molecule has 1 aliphatic rings. The van der Waals surface area contributed by atoms with Crippen molar-refractivity contribution >= 4 is 11.0 Å². The molecule has 0 spiro atoms. The summed E-state index contributed by atoms with van der Waals surface area (Å²) in [6.45, 7) is 5.49. The number of nitrogens with one attached hydrogen (secondary N) is 1. The van der Waals surface area contributed by atoms with Crippen LogP contribution in [0.2, 0.25) is 0 Å². The monoisotopic (exact) mass is 305 g/mol. The van der Waals surface area contributed by atoms with Gasteiger partial charge in [-0.25, -0.2) is 8.93 Å². The van der Waals surface area contributed by atoms with Crippen LogP contribution in [0, 0.1) is 0 Å². The third kappa shape index (κ3) is 3.23. The molecule has 0 amide bonds. The molecule has 0 heterocycles. The van der Waals surface area contributed by atoms with Gasteiger partial charge >= 0.3 is 6.18 Å². The Morgan fingerprint density at radius 1 is 1.25 bits per heavy atom. The van der Waals surface area contributed by atoms with Gasteiger partial charge in [0.2, 0.25) is 0 Å². The molecule has 1 aromatic carbocycles. The van der Waals surface area contributed by atoms with E-state index in [2.05, 4.69) is 4.72 Å². The second-order valence-electron chi connectivity index (χ2n) is 6.00. The summed E-state index contributed by atoms with van der Waals surface area (Å²) in [6.07, 6.45) is -2.95. The minimum Gasteiger partial charge on any atom is -0.242 e. The van der Waals surface area contributed by atoms with Crippen molar-refractivity contribution < 1.29 is 17.4 Å². The molecule has 0 saturated carbocycles. The van der Waals surface area contributed by atoms with Crippen molar-refractivity contribution in [1.29, 1.82) is 0 Å². The van der Waals surface area contributed by atoms with Crippen molar-refractivity contribution in [3.05, 3.63) is 34.9 Å². The van der Waals surface area contributed by atoms with Gasteiger partial charge in [0.05, 0.1) is 21.3 Å². The molecule has 0 fully saturated rings. The standard InChI is InChI=1S/C14H18F3NOS/c1-13(2,3)20(19)18-12-7-5-9-4-6-10(8-11(9)12)14(15,16)17/h4,6,8,12,18H,5,7H2,1-3H3. The molecule has 0 aromatic heterocycles. The van der Waals surface area contributed by atoms with E-state index in [-0.39, 0.29) is 6.04 Å². The van der Waals surface area contributed by atoms with Gasteiger partial charge in [-0.1, -0.05) is 6.07 Å². The second-order valence-corrected chi connectivity index (χ2v) is 8.00. The lowest BCUT2D eigenvalue weighted by Gasteiger charge is -2.22. The molecular weight excluding hydrogens is 287 g/mol. The number of halogens is 3. The van der Waals surface area contributed by atoms with E-state index >= 15 is 0 Å². The van der Waals surface area contributed by atoms with Crippen LogP contribution >= 0.6 is 0 Å². The Morgan fingerprint density at radius 2 is 1.90 bits per heavy atom. The second kappa shape index (κ2) is 5.15. The van der Waals surface area contributed by atoms with E-state index in [0.717, 1.165) is 11.6 Å². The lowest BCUT2D eigenvalue weighted by Crippen LogP contribution is -2.35. The van der Waals surface area contributed by atoms with E-state index in [4.69, 9.17) is 0 Å². The van der Waals surface area contributed by atoms with Crippen LogP contribution in [0.25, 0.3) is 0 Å². The molecule has 1 aromatic rings. The van der Waals surface area contributed by atoms with Gasteiger partial charge in [0.15, 0.2) is 0 Å². The van der Waals surface area contributed by atoms with E-state index in [1.807, 2.05) is 20.8 Å². The Bertz CT molecular complexity index is 534. The lowest BCUT2D eigenvalue weighted by molar-refractivity contribution is -0.137. The maximum atomic E-state index is 12.8. The van der Waals surface area contributed by atoms with Crippen LogP contribution in [0.5, 0.6) is 0 Å². The predicted molar refractivity (Wildman–Crippen MR) is 73.5 cm³/mol. The van der Waals surface area contributed by atoms with Gasteiger partial charge in [-0.05, 0) is 56.9 Å². The molecule has 1 N–H and O–H groups in total. The van der Waals surface area contributed by atoms with Crippen molar-refractivity contribution in [2.24, 2.45) is 0 Å². The van der Waals surface area contributed by atoms with E-state index in [1.165, 1.54) is 12.1 Å². The van der Waals surface area contributed by atoms with Crippen LogP contribution in [0.4, 0.5) is 13.2 Å². The first-order chi connectivity index (χ1) is 9.09.